The maximum atomic E-state index is 8.73. The van der Waals surface area contributed by atoms with Crippen molar-refractivity contribution >= 4 is 11.8 Å². The van der Waals surface area contributed by atoms with Crippen LogP contribution in [0.15, 0.2) is 0 Å². The van der Waals surface area contributed by atoms with E-state index in [4.69, 9.17) is 5.11 Å². The Hall–Kier alpha value is 0.270. The molecule has 1 heterocycles. The van der Waals surface area contributed by atoms with Crippen LogP contribution in [0.25, 0.3) is 0 Å². The van der Waals surface area contributed by atoms with Crippen molar-refractivity contribution in [1.82, 2.24) is 4.90 Å². The average Bonchev–Trinajstić information content (AvgIpc) is 2.17. The Morgan fingerprint density at radius 1 is 1.31 bits per heavy atom. The fourth-order valence-electron chi connectivity index (χ4n) is 1.72. The molecule has 0 atom stereocenters. The Morgan fingerprint density at radius 2 is 2.00 bits per heavy atom. The van der Waals surface area contributed by atoms with Crippen LogP contribution in [0.3, 0.4) is 0 Å². The second-order valence-electron chi connectivity index (χ2n) is 3.87. The number of rotatable bonds is 5. The molecule has 0 spiro atoms. The molecule has 0 aromatic heterocycles. The van der Waals surface area contributed by atoms with Gasteiger partial charge in [-0.2, -0.15) is 11.8 Å². The first kappa shape index (κ1) is 11.3. The zero-order valence-corrected chi connectivity index (χ0v) is 9.35. The van der Waals surface area contributed by atoms with Crippen molar-refractivity contribution in [3.05, 3.63) is 0 Å². The van der Waals surface area contributed by atoms with Gasteiger partial charge in [0.05, 0.1) is 6.61 Å². The van der Waals surface area contributed by atoms with Crippen LogP contribution in [0.4, 0.5) is 0 Å². The van der Waals surface area contributed by atoms with E-state index in [-0.39, 0.29) is 6.61 Å². The number of aliphatic hydroxyl groups is 1. The number of hydrogen-bond acceptors (Lipinski definition) is 3. The second-order valence-corrected chi connectivity index (χ2v) is 5.10. The number of hydrogen-bond donors (Lipinski definition) is 1. The summed E-state index contributed by atoms with van der Waals surface area (Å²) in [6, 6.07) is 0. The van der Waals surface area contributed by atoms with Crippen LogP contribution >= 0.6 is 11.8 Å². The van der Waals surface area contributed by atoms with Crippen molar-refractivity contribution in [2.24, 2.45) is 5.92 Å². The highest BCUT2D eigenvalue weighted by Gasteiger charge is 2.13. The fraction of sp³-hybridized carbons (Fsp3) is 1.00. The summed E-state index contributed by atoms with van der Waals surface area (Å²) in [5.41, 5.74) is 0. The van der Waals surface area contributed by atoms with Gasteiger partial charge >= 0.3 is 0 Å². The molecule has 3 heteroatoms. The molecule has 1 aliphatic heterocycles. The topological polar surface area (TPSA) is 23.5 Å². The fourth-order valence-corrected chi connectivity index (χ4v) is 2.92. The molecule has 0 radical (unpaired) electrons. The molecule has 0 amide bonds. The molecule has 1 aliphatic rings. The van der Waals surface area contributed by atoms with E-state index in [0.29, 0.717) is 0 Å². The predicted molar refractivity (Wildman–Crippen MR) is 59.2 cm³/mol. The smallest absolute Gasteiger partial charge is 0.0558 e. The van der Waals surface area contributed by atoms with Crippen LogP contribution in [0.2, 0.25) is 0 Å². The monoisotopic (exact) mass is 203 g/mol. The van der Waals surface area contributed by atoms with Crippen LogP contribution in [-0.4, -0.2) is 48.3 Å². The Morgan fingerprint density at radius 3 is 2.62 bits per heavy atom. The Kier molecular flexibility index (Phi) is 5.83. The highest BCUT2D eigenvalue weighted by atomic mass is 32.2. The minimum absolute atomic E-state index is 0.289. The van der Waals surface area contributed by atoms with Crippen molar-refractivity contribution in [2.75, 3.05) is 38.2 Å². The molecule has 1 saturated heterocycles. The summed E-state index contributed by atoms with van der Waals surface area (Å²) in [6.07, 6.45) is 4.12. The van der Waals surface area contributed by atoms with Gasteiger partial charge in [0, 0.05) is 6.54 Å². The predicted octanol–water partition coefficient (Wildman–Crippen LogP) is 1.44. The first-order valence-electron chi connectivity index (χ1n) is 5.20. The molecule has 0 saturated carbocycles. The average molecular weight is 203 g/mol. The van der Waals surface area contributed by atoms with Gasteiger partial charge in [0.2, 0.25) is 0 Å². The van der Waals surface area contributed by atoms with Crippen LogP contribution in [0.5, 0.6) is 0 Å². The number of aliphatic hydroxyl groups excluding tert-OH is 1. The molecule has 0 aliphatic carbocycles. The van der Waals surface area contributed by atoms with Crippen molar-refractivity contribution in [1.29, 1.82) is 0 Å². The maximum Gasteiger partial charge on any atom is 0.0558 e. The molecule has 0 unspecified atom stereocenters. The van der Waals surface area contributed by atoms with E-state index in [1.165, 1.54) is 30.8 Å². The van der Waals surface area contributed by atoms with Crippen molar-refractivity contribution in [3.63, 3.8) is 0 Å². The lowest BCUT2D eigenvalue weighted by molar-refractivity contribution is 0.211. The van der Waals surface area contributed by atoms with E-state index in [9.17, 15) is 0 Å². The maximum absolute atomic E-state index is 8.73. The van der Waals surface area contributed by atoms with E-state index in [1.54, 1.807) is 0 Å². The second kappa shape index (κ2) is 6.68. The molecular formula is C10H21NOS. The standard InChI is InChI=1S/C10H21NOS/c1-11(6-7-12)5-2-10-3-8-13-9-4-10/h10,12H,2-9H2,1H3. The summed E-state index contributed by atoms with van der Waals surface area (Å²) in [4.78, 5) is 2.22. The molecule has 1 rings (SSSR count). The Labute approximate surface area is 85.7 Å². The van der Waals surface area contributed by atoms with E-state index < -0.39 is 0 Å². The van der Waals surface area contributed by atoms with Crippen LogP contribution in [-0.2, 0) is 0 Å². The Bertz CT molecular complexity index is 126. The van der Waals surface area contributed by atoms with Gasteiger partial charge in [-0.3, -0.25) is 0 Å². The molecule has 1 N–H and O–H groups in total. The number of thioether (sulfide) groups is 1. The lowest BCUT2D eigenvalue weighted by Gasteiger charge is -2.23. The lowest BCUT2D eigenvalue weighted by Crippen LogP contribution is -2.25. The van der Waals surface area contributed by atoms with E-state index in [2.05, 4.69) is 23.7 Å². The first-order chi connectivity index (χ1) is 6.33. The zero-order valence-electron chi connectivity index (χ0n) is 8.54. The first-order valence-corrected chi connectivity index (χ1v) is 6.35. The highest BCUT2D eigenvalue weighted by Crippen LogP contribution is 2.25. The summed E-state index contributed by atoms with van der Waals surface area (Å²) in [5.74, 6) is 3.66. The summed E-state index contributed by atoms with van der Waals surface area (Å²) >= 11 is 2.09. The minimum Gasteiger partial charge on any atom is -0.395 e. The molecule has 13 heavy (non-hydrogen) atoms. The molecule has 0 bridgehead atoms. The van der Waals surface area contributed by atoms with Gasteiger partial charge in [0.15, 0.2) is 0 Å². The van der Waals surface area contributed by atoms with Crippen LogP contribution < -0.4 is 0 Å². The third-order valence-electron chi connectivity index (χ3n) is 2.74. The van der Waals surface area contributed by atoms with Gasteiger partial charge in [0.25, 0.3) is 0 Å². The third-order valence-corrected chi connectivity index (χ3v) is 3.79. The van der Waals surface area contributed by atoms with Gasteiger partial charge in [-0.05, 0) is 50.3 Å². The molecule has 2 nitrogen and oxygen atoms in total. The summed E-state index contributed by atoms with van der Waals surface area (Å²) in [5, 5.41) is 8.73. The van der Waals surface area contributed by atoms with Gasteiger partial charge in [-0.15, -0.1) is 0 Å². The lowest BCUT2D eigenvalue weighted by atomic mass is 9.99. The number of nitrogens with zero attached hydrogens (tertiary/aromatic N) is 1. The highest BCUT2D eigenvalue weighted by molar-refractivity contribution is 7.99. The van der Waals surface area contributed by atoms with Crippen LogP contribution in [0, 0.1) is 5.92 Å². The van der Waals surface area contributed by atoms with Gasteiger partial charge < -0.3 is 10.0 Å². The largest absolute Gasteiger partial charge is 0.395 e. The minimum atomic E-state index is 0.289. The zero-order chi connectivity index (χ0) is 9.52. The molecule has 0 aromatic rings. The normalized spacial score (nSPS) is 19.6. The van der Waals surface area contributed by atoms with E-state index in [0.717, 1.165) is 19.0 Å². The quantitative estimate of drug-likeness (QED) is 0.731. The summed E-state index contributed by atoms with van der Waals surface area (Å²) in [6.45, 7) is 2.26. The van der Waals surface area contributed by atoms with Gasteiger partial charge in [-0.1, -0.05) is 0 Å². The summed E-state index contributed by atoms with van der Waals surface area (Å²) in [7, 11) is 2.09. The van der Waals surface area contributed by atoms with E-state index >= 15 is 0 Å². The molecular weight excluding hydrogens is 182 g/mol. The van der Waals surface area contributed by atoms with Crippen LogP contribution in [0.1, 0.15) is 19.3 Å². The van der Waals surface area contributed by atoms with Gasteiger partial charge in [0.1, 0.15) is 0 Å². The van der Waals surface area contributed by atoms with Gasteiger partial charge in [-0.25, -0.2) is 0 Å². The summed E-state index contributed by atoms with van der Waals surface area (Å²) < 4.78 is 0. The molecule has 1 fully saturated rings. The number of likely N-dealkylation sites (N-methyl/N-ethyl adjacent to an activating group) is 1. The Balaban J connectivity index is 2.03. The van der Waals surface area contributed by atoms with Crippen molar-refractivity contribution in [2.45, 2.75) is 19.3 Å². The van der Waals surface area contributed by atoms with Crippen molar-refractivity contribution in [3.8, 4) is 0 Å². The van der Waals surface area contributed by atoms with E-state index in [1.807, 2.05) is 0 Å². The third kappa shape index (κ3) is 4.89. The molecule has 78 valence electrons. The SMILES string of the molecule is CN(CCO)CCC1CCSCC1. The van der Waals surface area contributed by atoms with Crippen molar-refractivity contribution < 1.29 is 5.11 Å². The molecule has 0 aromatic carbocycles.